The van der Waals surface area contributed by atoms with E-state index in [1.807, 2.05) is 0 Å². The van der Waals surface area contributed by atoms with Gasteiger partial charge < -0.3 is 9.47 Å². The Labute approximate surface area is 165 Å². The number of hydrazine groups is 1. The van der Waals surface area contributed by atoms with Crippen molar-refractivity contribution < 1.29 is 19.1 Å². The lowest BCUT2D eigenvalue weighted by atomic mass is 10.1. The number of rotatable bonds is 5. The first-order valence-electron chi connectivity index (χ1n) is 8.51. The van der Waals surface area contributed by atoms with Gasteiger partial charge in [-0.1, -0.05) is 24.3 Å². The van der Waals surface area contributed by atoms with Crippen molar-refractivity contribution in [3.05, 3.63) is 70.2 Å². The van der Waals surface area contributed by atoms with Gasteiger partial charge in [-0.2, -0.15) is 5.10 Å². The number of methoxy groups -OCH3 is 2. The SMILES string of the molecule is COc1ccc(/C=C/C(=O)NNC(=O)c2n[nH]c(=O)c3ccccc23)cc1OC. The summed E-state index contributed by atoms with van der Waals surface area (Å²) in [6.07, 6.45) is 2.80. The van der Waals surface area contributed by atoms with Crippen LogP contribution in [0.25, 0.3) is 16.8 Å². The smallest absolute Gasteiger partial charge is 0.290 e. The Morgan fingerprint density at radius 1 is 1.00 bits per heavy atom. The minimum Gasteiger partial charge on any atom is -0.493 e. The highest BCUT2D eigenvalue weighted by Gasteiger charge is 2.14. The Bertz CT molecular complexity index is 1150. The summed E-state index contributed by atoms with van der Waals surface area (Å²) in [4.78, 5) is 36.1. The van der Waals surface area contributed by atoms with Gasteiger partial charge in [-0.05, 0) is 29.8 Å². The molecule has 148 valence electrons. The highest BCUT2D eigenvalue weighted by atomic mass is 16.5. The van der Waals surface area contributed by atoms with Crippen LogP contribution in [-0.4, -0.2) is 36.2 Å². The molecule has 0 unspecified atom stereocenters. The topological polar surface area (TPSA) is 122 Å². The zero-order valence-electron chi connectivity index (χ0n) is 15.7. The second-order valence-corrected chi connectivity index (χ2v) is 5.84. The summed E-state index contributed by atoms with van der Waals surface area (Å²) in [6.45, 7) is 0. The van der Waals surface area contributed by atoms with Crippen molar-refractivity contribution in [1.82, 2.24) is 21.0 Å². The number of hydrogen-bond donors (Lipinski definition) is 3. The number of carbonyl (C=O) groups is 2. The van der Waals surface area contributed by atoms with E-state index in [9.17, 15) is 14.4 Å². The summed E-state index contributed by atoms with van der Waals surface area (Å²) in [5, 5.41) is 6.74. The molecule has 0 aliphatic heterocycles. The molecule has 1 aromatic heterocycles. The summed E-state index contributed by atoms with van der Waals surface area (Å²) >= 11 is 0. The Kier molecular flexibility index (Phi) is 5.88. The van der Waals surface area contributed by atoms with Crippen LogP contribution in [0.1, 0.15) is 16.1 Å². The predicted molar refractivity (Wildman–Crippen MR) is 107 cm³/mol. The molecule has 29 heavy (non-hydrogen) atoms. The maximum Gasteiger partial charge on any atom is 0.290 e. The lowest BCUT2D eigenvalue weighted by Crippen LogP contribution is -2.41. The standard InChI is InChI=1S/C20H18N4O5/c1-28-15-9-7-12(11-16(15)29-2)8-10-17(25)21-24-20(27)18-13-5-3-4-6-14(13)19(26)23-22-18/h3-11H,1-2H3,(H,21,25)(H,23,26)(H,24,27)/b10-8+. The van der Waals surface area contributed by atoms with Crippen molar-refractivity contribution in [2.24, 2.45) is 0 Å². The molecule has 0 fully saturated rings. The number of amides is 2. The molecule has 0 saturated heterocycles. The minimum atomic E-state index is -0.662. The van der Waals surface area contributed by atoms with E-state index in [-0.39, 0.29) is 5.69 Å². The second-order valence-electron chi connectivity index (χ2n) is 5.84. The van der Waals surface area contributed by atoms with Crippen LogP contribution >= 0.6 is 0 Å². The maximum atomic E-state index is 12.3. The van der Waals surface area contributed by atoms with Crippen molar-refractivity contribution in [3.63, 3.8) is 0 Å². The van der Waals surface area contributed by atoms with Crippen LogP contribution in [0.5, 0.6) is 11.5 Å². The van der Waals surface area contributed by atoms with Crippen LogP contribution < -0.4 is 25.9 Å². The van der Waals surface area contributed by atoms with E-state index in [1.165, 1.54) is 20.3 Å². The van der Waals surface area contributed by atoms with Crippen LogP contribution in [0.15, 0.2) is 53.3 Å². The number of nitrogens with one attached hydrogen (secondary N) is 3. The fraction of sp³-hybridized carbons (Fsp3) is 0.100. The molecule has 3 aromatic rings. The van der Waals surface area contributed by atoms with E-state index in [1.54, 1.807) is 48.5 Å². The third-order valence-corrected chi connectivity index (χ3v) is 4.05. The molecule has 2 amide bonds. The van der Waals surface area contributed by atoms with Crippen LogP contribution in [0.2, 0.25) is 0 Å². The molecule has 0 bridgehead atoms. The Hall–Kier alpha value is -4.14. The minimum absolute atomic E-state index is 0.00984. The monoisotopic (exact) mass is 394 g/mol. The quantitative estimate of drug-likeness (QED) is 0.444. The molecule has 0 aliphatic carbocycles. The zero-order valence-corrected chi connectivity index (χ0v) is 15.7. The van der Waals surface area contributed by atoms with E-state index in [4.69, 9.17) is 9.47 Å². The third kappa shape index (κ3) is 4.41. The second kappa shape index (κ2) is 8.70. The molecule has 9 heteroatoms. The molecule has 0 saturated carbocycles. The van der Waals surface area contributed by atoms with Crippen molar-refractivity contribution in [2.45, 2.75) is 0 Å². The van der Waals surface area contributed by atoms with Gasteiger partial charge in [0.1, 0.15) is 0 Å². The third-order valence-electron chi connectivity index (χ3n) is 4.05. The first-order valence-corrected chi connectivity index (χ1v) is 8.51. The van der Waals surface area contributed by atoms with Gasteiger partial charge in [0, 0.05) is 11.5 Å². The number of aromatic amines is 1. The zero-order chi connectivity index (χ0) is 20.8. The van der Waals surface area contributed by atoms with Crippen molar-refractivity contribution in [2.75, 3.05) is 14.2 Å². The van der Waals surface area contributed by atoms with Gasteiger partial charge in [-0.15, -0.1) is 0 Å². The highest BCUT2D eigenvalue weighted by Crippen LogP contribution is 2.27. The number of H-pyrrole nitrogens is 1. The number of carbonyl (C=O) groups excluding carboxylic acids is 2. The molecule has 0 radical (unpaired) electrons. The van der Waals surface area contributed by atoms with E-state index < -0.39 is 17.4 Å². The molecule has 3 N–H and O–H groups in total. The number of hydrogen-bond acceptors (Lipinski definition) is 6. The molecular formula is C20H18N4O5. The van der Waals surface area contributed by atoms with Crippen molar-refractivity contribution in [3.8, 4) is 11.5 Å². The first kappa shape index (κ1) is 19.6. The van der Waals surface area contributed by atoms with E-state index in [0.717, 1.165) is 0 Å². The predicted octanol–water partition coefficient (Wildman–Crippen LogP) is 1.41. The van der Waals surface area contributed by atoms with Gasteiger partial charge in [-0.25, -0.2) is 5.10 Å². The summed E-state index contributed by atoms with van der Waals surface area (Å²) in [6, 6.07) is 11.7. The van der Waals surface area contributed by atoms with Crippen molar-refractivity contribution >= 4 is 28.7 Å². The number of ether oxygens (including phenoxy) is 2. The Morgan fingerprint density at radius 2 is 1.72 bits per heavy atom. The largest absolute Gasteiger partial charge is 0.493 e. The molecule has 3 rings (SSSR count). The molecule has 2 aromatic carbocycles. The maximum absolute atomic E-state index is 12.3. The summed E-state index contributed by atoms with van der Waals surface area (Å²) < 4.78 is 10.4. The lowest BCUT2D eigenvalue weighted by Gasteiger charge is -2.08. The van der Waals surface area contributed by atoms with Crippen LogP contribution in [0, 0.1) is 0 Å². The number of aromatic nitrogens is 2. The average molecular weight is 394 g/mol. The number of nitrogens with zero attached hydrogens (tertiary/aromatic N) is 1. The molecule has 0 spiro atoms. The summed E-state index contributed by atoms with van der Waals surface area (Å²) in [7, 11) is 3.05. The number of benzene rings is 2. The molecular weight excluding hydrogens is 376 g/mol. The van der Waals surface area contributed by atoms with Crippen LogP contribution in [-0.2, 0) is 4.79 Å². The van der Waals surface area contributed by atoms with Gasteiger partial charge >= 0.3 is 0 Å². The first-order chi connectivity index (χ1) is 14.0. The van der Waals surface area contributed by atoms with Crippen LogP contribution in [0.3, 0.4) is 0 Å². The molecule has 0 aliphatic rings. The van der Waals surface area contributed by atoms with Gasteiger partial charge in [0.2, 0.25) is 0 Å². The summed E-state index contributed by atoms with van der Waals surface area (Å²) in [5.74, 6) is -0.117. The Balaban J connectivity index is 1.67. The normalized spacial score (nSPS) is 10.7. The van der Waals surface area contributed by atoms with Gasteiger partial charge in [0.15, 0.2) is 17.2 Å². The van der Waals surface area contributed by atoms with E-state index >= 15 is 0 Å². The van der Waals surface area contributed by atoms with Gasteiger partial charge in [0.05, 0.1) is 19.6 Å². The Morgan fingerprint density at radius 3 is 2.45 bits per heavy atom. The van der Waals surface area contributed by atoms with Gasteiger partial charge in [-0.3, -0.25) is 25.2 Å². The van der Waals surface area contributed by atoms with Gasteiger partial charge in [0.25, 0.3) is 17.4 Å². The highest BCUT2D eigenvalue weighted by molar-refractivity contribution is 6.05. The molecule has 9 nitrogen and oxygen atoms in total. The number of fused-ring (bicyclic) bond motifs is 1. The lowest BCUT2D eigenvalue weighted by molar-refractivity contribution is -0.117. The summed E-state index contributed by atoms with van der Waals surface area (Å²) in [5.41, 5.74) is 4.83. The van der Waals surface area contributed by atoms with E-state index in [2.05, 4.69) is 21.0 Å². The average Bonchev–Trinajstić information content (AvgIpc) is 2.76. The van der Waals surface area contributed by atoms with Crippen LogP contribution in [0.4, 0.5) is 0 Å². The van der Waals surface area contributed by atoms with E-state index in [0.29, 0.717) is 27.8 Å². The fourth-order valence-corrected chi connectivity index (χ4v) is 2.64. The molecule has 0 atom stereocenters. The fourth-order valence-electron chi connectivity index (χ4n) is 2.64. The molecule has 1 heterocycles. The van der Waals surface area contributed by atoms with Crippen molar-refractivity contribution in [1.29, 1.82) is 0 Å².